The highest BCUT2D eigenvalue weighted by Gasteiger charge is 2.13. The number of ketones is 1. The molecule has 0 fully saturated rings. The summed E-state index contributed by atoms with van der Waals surface area (Å²) in [5.41, 5.74) is 5.19. The van der Waals surface area contributed by atoms with Crippen LogP contribution in [-0.4, -0.2) is 17.3 Å². The van der Waals surface area contributed by atoms with E-state index in [0.29, 0.717) is 0 Å². The van der Waals surface area contributed by atoms with Crippen LogP contribution in [-0.2, 0) is 0 Å². The van der Waals surface area contributed by atoms with E-state index in [9.17, 15) is 14.9 Å². The third-order valence-corrected chi connectivity index (χ3v) is 1.96. The smallest absolute Gasteiger partial charge is 0.270 e. The number of carbonyl (C=O) groups excluding carboxylic acids is 1. The average Bonchev–Trinajstić information content (AvgIpc) is 2.16. The molecule has 0 aliphatic carbocycles. The first kappa shape index (κ1) is 10.6. The lowest BCUT2D eigenvalue weighted by Gasteiger charge is -2.00. The van der Waals surface area contributed by atoms with Crippen molar-refractivity contribution in [3.05, 3.63) is 38.9 Å². The molecule has 1 aromatic rings. The van der Waals surface area contributed by atoms with Gasteiger partial charge in [-0.05, 0) is 6.07 Å². The fourth-order valence-corrected chi connectivity index (χ4v) is 1.23. The first-order valence-corrected chi connectivity index (χ1v) is 4.11. The van der Waals surface area contributed by atoms with Gasteiger partial charge in [0, 0.05) is 17.7 Å². The van der Waals surface area contributed by atoms with Crippen molar-refractivity contribution in [1.82, 2.24) is 0 Å². The monoisotopic (exact) mass is 214 g/mol. The number of nitrogens with two attached hydrogens (primary N) is 1. The van der Waals surface area contributed by atoms with Crippen molar-refractivity contribution in [2.75, 3.05) is 6.54 Å². The molecule has 5 nitrogen and oxygen atoms in total. The first-order chi connectivity index (χ1) is 6.56. The van der Waals surface area contributed by atoms with Crippen LogP contribution >= 0.6 is 11.6 Å². The van der Waals surface area contributed by atoms with Crippen LogP contribution < -0.4 is 5.73 Å². The molecule has 0 aliphatic rings. The summed E-state index contributed by atoms with van der Waals surface area (Å²) in [6, 6.07) is 3.65. The molecule has 0 aromatic heterocycles. The minimum absolute atomic E-state index is 0.0506. The Morgan fingerprint density at radius 2 is 2.21 bits per heavy atom. The SMILES string of the molecule is NCC(=O)c1ccc([N+](=O)[O-])cc1Cl. The van der Waals surface area contributed by atoms with Crippen molar-refractivity contribution in [1.29, 1.82) is 0 Å². The Labute approximate surface area is 84.6 Å². The topological polar surface area (TPSA) is 86.2 Å². The number of Topliss-reactive ketones (excluding diaryl/α,β-unsaturated/α-hetero) is 1. The second-order valence-corrected chi connectivity index (χ2v) is 2.96. The number of hydrogen-bond donors (Lipinski definition) is 1. The van der Waals surface area contributed by atoms with Crippen molar-refractivity contribution in [3.8, 4) is 0 Å². The van der Waals surface area contributed by atoms with Gasteiger partial charge in [0.25, 0.3) is 5.69 Å². The van der Waals surface area contributed by atoms with Gasteiger partial charge in [0.15, 0.2) is 5.78 Å². The zero-order valence-corrected chi connectivity index (χ0v) is 7.82. The van der Waals surface area contributed by atoms with Gasteiger partial charge in [-0.25, -0.2) is 0 Å². The summed E-state index contributed by atoms with van der Waals surface area (Å²) in [7, 11) is 0. The van der Waals surface area contributed by atoms with E-state index in [4.69, 9.17) is 17.3 Å². The number of halogens is 1. The molecular formula is C8H7ClN2O3. The highest BCUT2D eigenvalue weighted by molar-refractivity contribution is 6.34. The Morgan fingerprint density at radius 3 is 2.64 bits per heavy atom. The molecule has 6 heteroatoms. The van der Waals surface area contributed by atoms with Crippen LogP contribution in [0.3, 0.4) is 0 Å². The van der Waals surface area contributed by atoms with Gasteiger partial charge in [-0.2, -0.15) is 0 Å². The van der Waals surface area contributed by atoms with Crippen LogP contribution in [0.2, 0.25) is 5.02 Å². The Kier molecular flexibility index (Phi) is 3.16. The number of nitro benzene ring substituents is 1. The van der Waals surface area contributed by atoms with Gasteiger partial charge in [0.05, 0.1) is 16.5 Å². The van der Waals surface area contributed by atoms with Crippen LogP contribution in [0.15, 0.2) is 18.2 Å². The molecule has 0 bridgehead atoms. The maximum atomic E-state index is 11.1. The number of non-ortho nitro benzene ring substituents is 1. The molecule has 0 saturated carbocycles. The summed E-state index contributed by atoms with van der Waals surface area (Å²) < 4.78 is 0. The summed E-state index contributed by atoms with van der Waals surface area (Å²) in [5, 5.41) is 10.4. The molecule has 0 atom stereocenters. The molecule has 0 aliphatic heterocycles. The zero-order chi connectivity index (χ0) is 10.7. The standard InChI is InChI=1S/C8H7ClN2O3/c9-7-3-5(11(13)14)1-2-6(7)8(12)4-10/h1-3H,4,10H2. The highest BCUT2D eigenvalue weighted by atomic mass is 35.5. The van der Waals surface area contributed by atoms with Gasteiger partial charge in [0.2, 0.25) is 0 Å². The highest BCUT2D eigenvalue weighted by Crippen LogP contribution is 2.22. The van der Waals surface area contributed by atoms with E-state index in [1.54, 1.807) is 0 Å². The van der Waals surface area contributed by atoms with E-state index < -0.39 is 4.92 Å². The van der Waals surface area contributed by atoms with E-state index in [1.807, 2.05) is 0 Å². The molecule has 0 unspecified atom stereocenters. The van der Waals surface area contributed by atoms with Crippen molar-refractivity contribution in [3.63, 3.8) is 0 Å². The van der Waals surface area contributed by atoms with Crippen LogP contribution in [0.25, 0.3) is 0 Å². The van der Waals surface area contributed by atoms with Crippen molar-refractivity contribution in [2.24, 2.45) is 5.73 Å². The molecule has 1 aromatic carbocycles. The van der Waals surface area contributed by atoms with Gasteiger partial charge in [-0.15, -0.1) is 0 Å². The third kappa shape index (κ3) is 2.07. The maximum absolute atomic E-state index is 11.1. The molecule has 74 valence electrons. The van der Waals surface area contributed by atoms with E-state index in [2.05, 4.69) is 0 Å². The molecule has 2 N–H and O–H groups in total. The molecule has 0 spiro atoms. The minimum atomic E-state index is -0.581. The van der Waals surface area contributed by atoms with Crippen molar-refractivity contribution >= 4 is 23.1 Å². The van der Waals surface area contributed by atoms with E-state index in [-0.39, 0.29) is 28.6 Å². The summed E-state index contributed by atoms with van der Waals surface area (Å²) in [6.45, 7) is -0.169. The van der Waals surface area contributed by atoms with Crippen LogP contribution in [0.1, 0.15) is 10.4 Å². The van der Waals surface area contributed by atoms with E-state index in [0.717, 1.165) is 6.07 Å². The van der Waals surface area contributed by atoms with Gasteiger partial charge >= 0.3 is 0 Å². The second kappa shape index (κ2) is 4.17. The summed E-state index contributed by atoms with van der Waals surface area (Å²) >= 11 is 5.67. The van der Waals surface area contributed by atoms with Crippen LogP contribution in [0, 0.1) is 10.1 Å². The normalized spacial score (nSPS) is 9.86. The van der Waals surface area contributed by atoms with Gasteiger partial charge in [-0.1, -0.05) is 11.6 Å². The number of hydrogen-bond acceptors (Lipinski definition) is 4. The Morgan fingerprint density at radius 1 is 1.57 bits per heavy atom. The van der Waals surface area contributed by atoms with Crippen LogP contribution in [0.5, 0.6) is 0 Å². The Hall–Kier alpha value is -1.46. The largest absolute Gasteiger partial charge is 0.324 e. The van der Waals surface area contributed by atoms with E-state index >= 15 is 0 Å². The van der Waals surface area contributed by atoms with Crippen molar-refractivity contribution in [2.45, 2.75) is 0 Å². The maximum Gasteiger partial charge on any atom is 0.270 e. The molecule has 0 radical (unpaired) electrons. The number of nitro groups is 1. The third-order valence-electron chi connectivity index (χ3n) is 1.65. The fourth-order valence-electron chi connectivity index (χ4n) is 0.954. The lowest BCUT2D eigenvalue weighted by Crippen LogP contribution is -2.13. The molecule has 0 heterocycles. The number of benzene rings is 1. The Balaban J connectivity index is 3.14. The number of carbonyl (C=O) groups is 1. The van der Waals surface area contributed by atoms with Gasteiger partial charge in [0.1, 0.15) is 0 Å². The summed E-state index contributed by atoms with van der Waals surface area (Å²) in [6.07, 6.45) is 0. The Bertz CT molecular complexity index is 392. The minimum Gasteiger partial charge on any atom is -0.324 e. The predicted molar refractivity (Wildman–Crippen MR) is 51.5 cm³/mol. The molecule has 1 rings (SSSR count). The molecule has 0 amide bonds. The van der Waals surface area contributed by atoms with Crippen LogP contribution in [0.4, 0.5) is 5.69 Å². The zero-order valence-electron chi connectivity index (χ0n) is 7.07. The predicted octanol–water partition coefficient (Wildman–Crippen LogP) is 1.39. The quantitative estimate of drug-likeness (QED) is 0.468. The lowest BCUT2D eigenvalue weighted by atomic mass is 10.1. The molecule has 0 saturated heterocycles. The second-order valence-electron chi connectivity index (χ2n) is 2.55. The summed E-state index contributed by atoms with van der Waals surface area (Å²) in [4.78, 5) is 20.9. The number of nitrogens with zero attached hydrogens (tertiary/aromatic N) is 1. The fraction of sp³-hybridized carbons (Fsp3) is 0.125. The average molecular weight is 215 g/mol. The van der Waals surface area contributed by atoms with E-state index in [1.165, 1.54) is 12.1 Å². The molecular weight excluding hydrogens is 208 g/mol. The summed E-state index contributed by atoms with van der Waals surface area (Å²) in [5.74, 6) is -0.343. The lowest BCUT2D eigenvalue weighted by molar-refractivity contribution is -0.384. The van der Waals surface area contributed by atoms with Gasteiger partial charge < -0.3 is 5.73 Å². The molecule has 14 heavy (non-hydrogen) atoms. The van der Waals surface area contributed by atoms with Gasteiger partial charge in [-0.3, -0.25) is 14.9 Å². The van der Waals surface area contributed by atoms with Crippen molar-refractivity contribution < 1.29 is 9.72 Å². The first-order valence-electron chi connectivity index (χ1n) is 3.73. The number of rotatable bonds is 3.